The molecule has 0 saturated heterocycles. The van der Waals surface area contributed by atoms with Crippen molar-refractivity contribution in [1.82, 2.24) is 5.32 Å². The van der Waals surface area contributed by atoms with Crippen molar-refractivity contribution in [1.29, 1.82) is 0 Å². The van der Waals surface area contributed by atoms with Gasteiger partial charge in [-0.05, 0) is 37.1 Å². The molecular formula is C15H22FNO. The van der Waals surface area contributed by atoms with Crippen LogP contribution in [-0.4, -0.2) is 19.3 Å². The van der Waals surface area contributed by atoms with E-state index in [0.29, 0.717) is 0 Å². The van der Waals surface area contributed by atoms with Crippen molar-refractivity contribution in [2.24, 2.45) is 0 Å². The molecule has 3 heteroatoms. The van der Waals surface area contributed by atoms with Crippen LogP contribution < -0.4 is 5.32 Å². The molecule has 1 aliphatic carbocycles. The van der Waals surface area contributed by atoms with Gasteiger partial charge in [0, 0.05) is 7.11 Å². The number of rotatable bonds is 5. The summed E-state index contributed by atoms with van der Waals surface area (Å²) in [5, 5.41) is 3.50. The average Bonchev–Trinajstić information content (AvgIpc) is 2.87. The number of ether oxygens (including phenoxy) is 1. The van der Waals surface area contributed by atoms with Gasteiger partial charge in [-0.1, -0.05) is 31.9 Å². The maximum atomic E-state index is 13.0. The normalized spacial score (nSPS) is 19.9. The fourth-order valence-corrected chi connectivity index (χ4v) is 3.05. The van der Waals surface area contributed by atoms with Crippen LogP contribution in [-0.2, 0) is 4.74 Å². The maximum absolute atomic E-state index is 13.0. The molecule has 1 aromatic carbocycles. The van der Waals surface area contributed by atoms with Crippen LogP contribution in [0.15, 0.2) is 24.3 Å². The van der Waals surface area contributed by atoms with E-state index in [-0.39, 0.29) is 17.5 Å². The van der Waals surface area contributed by atoms with Gasteiger partial charge in [0.05, 0.1) is 11.6 Å². The van der Waals surface area contributed by atoms with Gasteiger partial charge in [-0.15, -0.1) is 0 Å². The summed E-state index contributed by atoms with van der Waals surface area (Å²) in [6.45, 7) is 2.97. The number of hydrogen-bond donors (Lipinski definition) is 1. The summed E-state index contributed by atoms with van der Waals surface area (Å²) in [5.74, 6) is -0.188. The van der Waals surface area contributed by atoms with Crippen molar-refractivity contribution >= 4 is 0 Å². The second-order valence-electron chi connectivity index (χ2n) is 5.02. The quantitative estimate of drug-likeness (QED) is 0.865. The van der Waals surface area contributed by atoms with Crippen molar-refractivity contribution in [3.63, 3.8) is 0 Å². The highest BCUT2D eigenvalue weighted by molar-refractivity contribution is 5.24. The molecule has 18 heavy (non-hydrogen) atoms. The monoisotopic (exact) mass is 251 g/mol. The van der Waals surface area contributed by atoms with Crippen molar-refractivity contribution in [2.45, 2.75) is 44.2 Å². The van der Waals surface area contributed by atoms with E-state index in [4.69, 9.17) is 4.74 Å². The number of benzene rings is 1. The Morgan fingerprint density at radius 2 is 1.89 bits per heavy atom. The van der Waals surface area contributed by atoms with Crippen LogP contribution in [0.1, 0.15) is 44.2 Å². The molecule has 1 aliphatic rings. The van der Waals surface area contributed by atoms with Crippen LogP contribution >= 0.6 is 0 Å². The fourth-order valence-electron chi connectivity index (χ4n) is 3.05. The predicted molar refractivity (Wildman–Crippen MR) is 71.0 cm³/mol. The van der Waals surface area contributed by atoms with Crippen LogP contribution in [0.25, 0.3) is 0 Å². The second-order valence-corrected chi connectivity index (χ2v) is 5.02. The van der Waals surface area contributed by atoms with Crippen molar-refractivity contribution in [2.75, 3.05) is 13.7 Å². The summed E-state index contributed by atoms with van der Waals surface area (Å²) >= 11 is 0. The summed E-state index contributed by atoms with van der Waals surface area (Å²) in [4.78, 5) is 0. The fraction of sp³-hybridized carbons (Fsp3) is 0.600. The smallest absolute Gasteiger partial charge is 0.123 e. The number of nitrogens with one attached hydrogen (secondary N) is 1. The summed E-state index contributed by atoms with van der Waals surface area (Å²) in [5.41, 5.74) is 0.982. The standard InChI is InChI=1S/C15H22FNO/c1-3-17-14(12-6-8-13(16)9-7-12)15(18-2)10-4-5-11-15/h6-9,14,17H,3-5,10-11H2,1-2H3. The molecular weight excluding hydrogens is 229 g/mol. The van der Waals surface area contributed by atoms with Gasteiger partial charge in [0.25, 0.3) is 0 Å². The van der Waals surface area contributed by atoms with Gasteiger partial charge in [-0.25, -0.2) is 4.39 Å². The number of methoxy groups -OCH3 is 1. The maximum Gasteiger partial charge on any atom is 0.123 e. The summed E-state index contributed by atoms with van der Waals surface area (Å²) in [6, 6.07) is 6.93. The zero-order chi connectivity index (χ0) is 13.0. The van der Waals surface area contributed by atoms with Gasteiger partial charge in [-0.3, -0.25) is 0 Å². The van der Waals surface area contributed by atoms with Gasteiger partial charge < -0.3 is 10.1 Å². The Morgan fingerprint density at radius 1 is 1.28 bits per heavy atom. The first-order chi connectivity index (χ1) is 8.72. The van der Waals surface area contributed by atoms with Crippen LogP contribution in [0.2, 0.25) is 0 Å². The minimum absolute atomic E-state index is 0.131. The summed E-state index contributed by atoms with van der Waals surface area (Å²) < 4.78 is 18.9. The van der Waals surface area contributed by atoms with E-state index < -0.39 is 0 Å². The molecule has 1 aromatic rings. The van der Waals surface area contributed by atoms with Crippen molar-refractivity contribution < 1.29 is 9.13 Å². The molecule has 0 heterocycles. The molecule has 1 saturated carbocycles. The Kier molecular flexibility index (Phi) is 4.36. The highest BCUT2D eigenvalue weighted by atomic mass is 19.1. The van der Waals surface area contributed by atoms with Crippen LogP contribution in [0, 0.1) is 5.82 Å². The second kappa shape index (κ2) is 5.81. The van der Waals surface area contributed by atoms with Gasteiger partial charge in [0.1, 0.15) is 5.82 Å². The topological polar surface area (TPSA) is 21.3 Å². The molecule has 0 aromatic heterocycles. The molecule has 0 aliphatic heterocycles. The average molecular weight is 251 g/mol. The van der Waals surface area contributed by atoms with Crippen molar-refractivity contribution in [3.8, 4) is 0 Å². The first-order valence-electron chi connectivity index (χ1n) is 6.76. The third-order valence-corrected chi connectivity index (χ3v) is 3.99. The summed E-state index contributed by atoms with van der Waals surface area (Å²) in [6.07, 6.45) is 4.55. The van der Waals surface area contributed by atoms with E-state index in [1.54, 1.807) is 7.11 Å². The Balaban J connectivity index is 2.29. The molecule has 100 valence electrons. The molecule has 1 atom stereocenters. The van der Waals surface area contributed by atoms with E-state index in [0.717, 1.165) is 24.9 Å². The SMILES string of the molecule is CCNC(c1ccc(F)cc1)C1(OC)CCCC1. The molecule has 2 nitrogen and oxygen atoms in total. The molecule has 1 fully saturated rings. The van der Waals surface area contributed by atoms with Gasteiger partial charge in [0.15, 0.2) is 0 Å². The lowest BCUT2D eigenvalue weighted by Gasteiger charge is -2.37. The zero-order valence-electron chi connectivity index (χ0n) is 11.2. The third-order valence-electron chi connectivity index (χ3n) is 3.99. The van der Waals surface area contributed by atoms with Crippen LogP contribution in [0.5, 0.6) is 0 Å². The largest absolute Gasteiger partial charge is 0.376 e. The van der Waals surface area contributed by atoms with E-state index in [9.17, 15) is 4.39 Å². The summed E-state index contributed by atoms with van der Waals surface area (Å²) in [7, 11) is 1.79. The molecule has 0 amide bonds. The molecule has 0 spiro atoms. The number of hydrogen-bond acceptors (Lipinski definition) is 2. The van der Waals surface area contributed by atoms with Crippen LogP contribution in [0.3, 0.4) is 0 Å². The highest BCUT2D eigenvalue weighted by Gasteiger charge is 2.41. The third kappa shape index (κ3) is 2.57. The predicted octanol–water partition coefficient (Wildman–Crippen LogP) is 3.44. The van der Waals surface area contributed by atoms with Crippen molar-refractivity contribution in [3.05, 3.63) is 35.6 Å². The lowest BCUT2D eigenvalue weighted by molar-refractivity contribution is -0.0364. The minimum atomic E-state index is -0.188. The Labute approximate surface area is 109 Å². The number of likely N-dealkylation sites (N-methyl/N-ethyl adjacent to an activating group) is 1. The van der Waals surface area contributed by atoms with Crippen LogP contribution in [0.4, 0.5) is 4.39 Å². The molecule has 0 bridgehead atoms. The van der Waals surface area contributed by atoms with E-state index in [1.807, 2.05) is 12.1 Å². The molecule has 0 radical (unpaired) electrons. The van der Waals surface area contributed by atoms with Gasteiger partial charge in [-0.2, -0.15) is 0 Å². The lowest BCUT2D eigenvalue weighted by atomic mass is 9.86. The first kappa shape index (κ1) is 13.5. The Morgan fingerprint density at radius 3 is 2.39 bits per heavy atom. The van der Waals surface area contributed by atoms with Gasteiger partial charge >= 0.3 is 0 Å². The molecule has 2 rings (SSSR count). The highest BCUT2D eigenvalue weighted by Crippen LogP contribution is 2.42. The zero-order valence-corrected chi connectivity index (χ0v) is 11.2. The number of halogens is 1. The molecule has 1 unspecified atom stereocenters. The molecule has 1 N–H and O–H groups in total. The Bertz CT molecular complexity index is 371. The minimum Gasteiger partial charge on any atom is -0.376 e. The van der Waals surface area contributed by atoms with E-state index >= 15 is 0 Å². The van der Waals surface area contributed by atoms with Gasteiger partial charge in [0.2, 0.25) is 0 Å². The lowest BCUT2D eigenvalue weighted by Crippen LogP contribution is -2.43. The van der Waals surface area contributed by atoms with E-state index in [2.05, 4.69) is 12.2 Å². The first-order valence-corrected chi connectivity index (χ1v) is 6.76. The van der Waals surface area contributed by atoms with E-state index in [1.165, 1.54) is 25.0 Å². The Hall–Kier alpha value is -0.930.